The lowest BCUT2D eigenvalue weighted by Crippen LogP contribution is -2.09. The number of H-pyrrole nitrogens is 1. The average molecular weight is 238 g/mol. The minimum atomic E-state index is 0.0100. The van der Waals surface area contributed by atoms with E-state index in [4.69, 9.17) is 16.3 Å². The molecule has 1 heterocycles. The van der Waals surface area contributed by atoms with Crippen LogP contribution in [0.1, 0.15) is 11.3 Å². The third-order valence-electron chi connectivity index (χ3n) is 2.76. The van der Waals surface area contributed by atoms with E-state index in [0.29, 0.717) is 21.7 Å². The van der Waals surface area contributed by atoms with E-state index >= 15 is 0 Å². The Hall–Kier alpha value is -1.48. The molecule has 2 rings (SSSR count). The minimum Gasteiger partial charge on any atom is -0.495 e. The van der Waals surface area contributed by atoms with E-state index in [1.807, 2.05) is 6.92 Å². The third kappa shape index (κ3) is 1.57. The van der Waals surface area contributed by atoms with Crippen molar-refractivity contribution in [3.05, 3.63) is 38.6 Å². The molecule has 0 bridgehead atoms. The number of aromatic nitrogens is 1. The molecule has 0 aliphatic rings. The SMILES string of the molecule is COc1cc2[nH]c(C)c(C)c(=O)c2cc1Cl. The summed E-state index contributed by atoms with van der Waals surface area (Å²) in [6.07, 6.45) is 0. The molecule has 1 N–H and O–H groups in total. The molecule has 84 valence electrons. The zero-order valence-electron chi connectivity index (χ0n) is 9.35. The van der Waals surface area contributed by atoms with Crippen molar-refractivity contribution < 1.29 is 4.74 Å². The van der Waals surface area contributed by atoms with Gasteiger partial charge < -0.3 is 9.72 Å². The number of ether oxygens (including phenoxy) is 1. The molecule has 4 heteroatoms. The van der Waals surface area contributed by atoms with Crippen molar-refractivity contribution >= 4 is 22.5 Å². The number of methoxy groups -OCH3 is 1. The summed E-state index contributed by atoms with van der Waals surface area (Å²) in [5.74, 6) is 0.563. The highest BCUT2D eigenvalue weighted by molar-refractivity contribution is 6.32. The van der Waals surface area contributed by atoms with Gasteiger partial charge in [-0.25, -0.2) is 0 Å². The lowest BCUT2D eigenvalue weighted by Gasteiger charge is -2.07. The number of nitrogens with one attached hydrogen (secondary N) is 1. The second kappa shape index (κ2) is 3.83. The molecule has 1 aromatic carbocycles. The highest BCUT2D eigenvalue weighted by atomic mass is 35.5. The van der Waals surface area contributed by atoms with Crippen LogP contribution in [0.2, 0.25) is 5.02 Å². The second-order valence-corrected chi connectivity index (χ2v) is 4.14. The topological polar surface area (TPSA) is 42.1 Å². The van der Waals surface area contributed by atoms with Crippen molar-refractivity contribution in [1.29, 1.82) is 0 Å². The van der Waals surface area contributed by atoms with Crippen LogP contribution in [-0.4, -0.2) is 12.1 Å². The van der Waals surface area contributed by atoms with Crippen LogP contribution in [0, 0.1) is 13.8 Å². The highest BCUT2D eigenvalue weighted by Gasteiger charge is 2.09. The normalized spacial score (nSPS) is 10.8. The quantitative estimate of drug-likeness (QED) is 0.829. The van der Waals surface area contributed by atoms with Gasteiger partial charge in [0.2, 0.25) is 0 Å². The van der Waals surface area contributed by atoms with Crippen LogP contribution in [0.4, 0.5) is 0 Å². The van der Waals surface area contributed by atoms with Crippen LogP contribution >= 0.6 is 11.6 Å². The first-order chi connectivity index (χ1) is 7.54. The predicted octanol–water partition coefficient (Wildman–Crippen LogP) is 2.81. The maximum Gasteiger partial charge on any atom is 0.192 e. The van der Waals surface area contributed by atoms with Crippen LogP contribution in [0.3, 0.4) is 0 Å². The van der Waals surface area contributed by atoms with Crippen molar-refractivity contribution in [2.45, 2.75) is 13.8 Å². The van der Waals surface area contributed by atoms with Crippen molar-refractivity contribution in [1.82, 2.24) is 4.98 Å². The van der Waals surface area contributed by atoms with E-state index in [-0.39, 0.29) is 5.43 Å². The fraction of sp³-hybridized carbons (Fsp3) is 0.250. The standard InChI is InChI=1S/C12H12ClNO2/c1-6-7(2)14-10-5-11(16-3)9(13)4-8(10)12(6)15/h4-5H,1-3H3,(H,14,15). The Morgan fingerprint density at radius 3 is 2.62 bits per heavy atom. The molecular weight excluding hydrogens is 226 g/mol. The number of halogens is 1. The Morgan fingerprint density at radius 1 is 1.31 bits per heavy atom. The lowest BCUT2D eigenvalue weighted by atomic mass is 10.1. The molecule has 2 aromatic rings. The van der Waals surface area contributed by atoms with Crippen LogP contribution in [0.5, 0.6) is 5.75 Å². The highest BCUT2D eigenvalue weighted by Crippen LogP contribution is 2.28. The van der Waals surface area contributed by atoms with Crippen LogP contribution in [0.15, 0.2) is 16.9 Å². The number of aromatic amines is 1. The number of fused-ring (bicyclic) bond motifs is 1. The first-order valence-electron chi connectivity index (χ1n) is 4.91. The zero-order valence-corrected chi connectivity index (χ0v) is 10.1. The van der Waals surface area contributed by atoms with E-state index in [1.165, 1.54) is 0 Å². The van der Waals surface area contributed by atoms with Gasteiger partial charge in [-0.05, 0) is 19.9 Å². The summed E-state index contributed by atoms with van der Waals surface area (Å²) in [4.78, 5) is 15.1. The van der Waals surface area contributed by atoms with Gasteiger partial charge in [-0.1, -0.05) is 11.6 Å². The van der Waals surface area contributed by atoms with Gasteiger partial charge in [-0.15, -0.1) is 0 Å². The zero-order chi connectivity index (χ0) is 11.9. The minimum absolute atomic E-state index is 0.0100. The Balaban J connectivity index is 2.92. The summed E-state index contributed by atoms with van der Waals surface area (Å²) in [6, 6.07) is 3.38. The molecule has 0 saturated heterocycles. The third-order valence-corrected chi connectivity index (χ3v) is 3.06. The van der Waals surface area contributed by atoms with Crippen molar-refractivity contribution in [3.63, 3.8) is 0 Å². The summed E-state index contributed by atoms with van der Waals surface area (Å²) in [6.45, 7) is 3.67. The number of hydrogen-bond acceptors (Lipinski definition) is 2. The van der Waals surface area contributed by atoms with E-state index in [2.05, 4.69) is 4.98 Å². The molecule has 0 aliphatic carbocycles. The summed E-state index contributed by atoms with van der Waals surface area (Å²) in [7, 11) is 1.55. The second-order valence-electron chi connectivity index (χ2n) is 3.74. The molecule has 0 radical (unpaired) electrons. The van der Waals surface area contributed by atoms with Gasteiger partial charge in [0.1, 0.15) is 5.75 Å². The summed E-state index contributed by atoms with van der Waals surface area (Å²) in [5, 5.41) is 1.04. The van der Waals surface area contributed by atoms with E-state index < -0.39 is 0 Å². The lowest BCUT2D eigenvalue weighted by molar-refractivity contribution is 0.415. The largest absolute Gasteiger partial charge is 0.495 e. The number of benzene rings is 1. The molecule has 0 spiro atoms. The summed E-state index contributed by atoms with van der Waals surface area (Å²) >= 11 is 5.99. The number of aryl methyl sites for hydroxylation is 1. The van der Waals surface area contributed by atoms with Crippen molar-refractivity contribution in [3.8, 4) is 5.75 Å². The predicted molar refractivity (Wildman–Crippen MR) is 65.6 cm³/mol. The Bertz CT molecular complexity index is 616. The summed E-state index contributed by atoms with van der Waals surface area (Å²) in [5.41, 5.74) is 2.33. The number of pyridine rings is 1. The molecule has 0 fully saturated rings. The Morgan fingerprint density at radius 2 is 2.00 bits per heavy atom. The first kappa shape index (κ1) is 11.0. The van der Waals surface area contributed by atoms with Gasteiger partial charge in [-0.2, -0.15) is 0 Å². The maximum atomic E-state index is 12.0. The van der Waals surface area contributed by atoms with Crippen LogP contribution in [-0.2, 0) is 0 Å². The summed E-state index contributed by atoms with van der Waals surface area (Å²) < 4.78 is 5.11. The Labute approximate surface area is 98.0 Å². The maximum absolute atomic E-state index is 12.0. The van der Waals surface area contributed by atoms with E-state index in [9.17, 15) is 4.79 Å². The van der Waals surface area contributed by atoms with Gasteiger partial charge in [0.15, 0.2) is 5.43 Å². The molecule has 0 unspecified atom stereocenters. The van der Waals surface area contributed by atoms with Crippen molar-refractivity contribution in [2.24, 2.45) is 0 Å². The van der Waals surface area contributed by atoms with Gasteiger partial charge in [0.05, 0.1) is 17.6 Å². The molecule has 0 amide bonds. The van der Waals surface area contributed by atoms with Crippen LogP contribution in [0.25, 0.3) is 10.9 Å². The van der Waals surface area contributed by atoms with Gasteiger partial charge in [0.25, 0.3) is 0 Å². The number of hydrogen-bond donors (Lipinski definition) is 1. The molecular formula is C12H12ClNO2. The van der Waals surface area contributed by atoms with Gasteiger partial charge in [-0.3, -0.25) is 4.79 Å². The van der Waals surface area contributed by atoms with Crippen molar-refractivity contribution in [2.75, 3.05) is 7.11 Å². The monoisotopic (exact) mass is 237 g/mol. The van der Waals surface area contributed by atoms with Crippen LogP contribution < -0.4 is 10.2 Å². The Kier molecular flexibility index (Phi) is 2.64. The average Bonchev–Trinajstić information content (AvgIpc) is 2.27. The van der Waals surface area contributed by atoms with Gasteiger partial charge in [0, 0.05) is 22.7 Å². The smallest absolute Gasteiger partial charge is 0.192 e. The number of rotatable bonds is 1. The fourth-order valence-electron chi connectivity index (χ4n) is 1.67. The fourth-order valence-corrected chi connectivity index (χ4v) is 1.91. The van der Waals surface area contributed by atoms with E-state index in [1.54, 1.807) is 26.2 Å². The molecule has 0 atom stereocenters. The molecule has 0 aliphatic heterocycles. The van der Waals surface area contributed by atoms with E-state index in [0.717, 1.165) is 11.2 Å². The molecule has 0 saturated carbocycles. The molecule has 3 nitrogen and oxygen atoms in total. The molecule has 1 aromatic heterocycles. The first-order valence-corrected chi connectivity index (χ1v) is 5.29. The molecule has 16 heavy (non-hydrogen) atoms. The van der Waals surface area contributed by atoms with Gasteiger partial charge >= 0.3 is 0 Å².